The smallest absolute Gasteiger partial charge is 0.406 e. The minimum Gasteiger partial charge on any atom is -0.464 e. The van der Waals surface area contributed by atoms with E-state index in [0.29, 0.717) is 31.2 Å². The third-order valence-corrected chi connectivity index (χ3v) is 3.53. The van der Waals surface area contributed by atoms with Crippen molar-refractivity contribution in [1.82, 2.24) is 9.55 Å². The number of carbonyl (C=O) groups is 1. The summed E-state index contributed by atoms with van der Waals surface area (Å²) in [7, 11) is 1.71. The topological polar surface area (TPSA) is 90.5 Å². The molecule has 0 aromatic carbocycles. The molecule has 0 saturated carbocycles. The highest BCUT2D eigenvalue weighted by molar-refractivity contribution is 5.81. The van der Waals surface area contributed by atoms with Gasteiger partial charge in [0.05, 0.1) is 6.61 Å². The van der Waals surface area contributed by atoms with E-state index in [1.165, 1.54) is 0 Å². The Morgan fingerprint density at radius 3 is 2.90 bits per heavy atom. The molecule has 0 N–H and O–H groups in total. The van der Waals surface area contributed by atoms with E-state index in [2.05, 4.69) is 4.98 Å². The molecule has 20 heavy (non-hydrogen) atoms. The van der Waals surface area contributed by atoms with Crippen LogP contribution < -0.4 is 4.90 Å². The number of hydrogen-bond acceptors (Lipinski definition) is 6. The van der Waals surface area contributed by atoms with Crippen LogP contribution in [0.25, 0.3) is 0 Å². The zero-order valence-electron chi connectivity index (χ0n) is 11.8. The number of carbonyl (C=O) groups excluding carboxylic acids is 1. The molecule has 1 saturated heterocycles. The summed E-state index contributed by atoms with van der Waals surface area (Å²) in [5.74, 6) is 0.378. The van der Waals surface area contributed by atoms with Gasteiger partial charge in [-0.2, -0.15) is 0 Å². The van der Waals surface area contributed by atoms with Gasteiger partial charge in [-0.3, -0.25) is 4.57 Å². The minimum atomic E-state index is -0.511. The Balaban J connectivity index is 2.39. The standard InChI is InChI=1S/C12H18N4O4/c1-4-20-12(17)9-6-5-7-15(9)11-10(16(18)19)13-8(2)14(11)3/h9H,4-7H2,1-3H3. The quantitative estimate of drug-likeness (QED) is 0.467. The Morgan fingerprint density at radius 2 is 2.30 bits per heavy atom. The highest BCUT2D eigenvalue weighted by atomic mass is 16.6. The molecule has 0 radical (unpaired) electrons. The zero-order chi connectivity index (χ0) is 14.9. The molecule has 0 bridgehead atoms. The first-order chi connectivity index (χ1) is 9.47. The lowest BCUT2D eigenvalue weighted by molar-refractivity contribution is -0.388. The van der Waals surface area contributed by atoms with Crippen LogP contribution in [0.3, 0.4) is 0 Å². The Bertz CT molecular complexity index is 540. The lowest BCUT2D eigenvalue weighted by Crippen LogP contribution is -2.38. The van der Waals surface area contributed by atoms with Crippen LogP contribution in [0.15, 0.2) is 0 Å². The number of hydrogen-bond donors (Lipinski definition) is 0. The molecule has 2 heterocycles. The third-order valence-electron chi connectivity index (χ3n) is 3.53. The number of esters is 1. The largest absolute Gasteiger partial charge is 0.464 e. The molecule has 1 fully saturated rings. The van der Waals surface area contributed by atoms with E-state index >= 15 is 0 Å². The van der Waals surface area contributed by atoms with Gasteiger partial charge in [0, 0.05) is 20.5 Å². The van der Waals surface area contributed by atoms with Gasteiger partial charge < -0.3 is 19.8 Å². The summed E-state index contributed by atoms with van der Waals surface area (Å²) < 4.78 is 6.69. The molecule has 1 aliphatic rings. The first kappa shape index (κ1) is 14.3. The average molecular weight is 282 g/mol. The van der Waals surface area contributed by atoms with Crippen molar-refractivity contribution in [3.8, 4) is 0 Å². The molecule has 110 valence electrons. The van der Waals surface area contributed by atoms with Crippen LogP contribution in [0.4, 0.5) is 11.6 Å². The maximum Gasteiger partial charge on any atom is 0.406 e. The summed E-state index contributed by atoms with van der Waals surface area (Å²) in [5, 5.41) is 11.1. The highest BCUT2D eigenvalue weighted by Crippen LogP contribution is 2.33. The molecule has 1 aromatic rings. The molecule has 1 aromatic heterocycles. The highest BCUT2D eigenvalue weighted by Gasteiger charge is 2.38. The first-order valence-corrected chi connectivity index (χ1v) is 6.58. The number of aromatic nitrogens is 2. The van der Waals surface area contributed by atoms with E-state index in [1.807, 2.05) is 0 Å². The van der Waals surface area contributed by atoms with E-state index < -0.39 is 11.0 Å². The summed E-state index contributed by atoms with van der Waals surface area (Å²) in [6.07, 6.45) is 1.44. The number of ether oxygens (including phenoxy) is 1. The molecular formula is C12H18N4O4. The number of rotatable bonds is 4. The van der Waals surface area contributed by atoms with Gasteiger partial charge in [-0.05, 0) is 29.7 Å². The van der Waals surface area contributed by atoms with Crippen molar-refractivity contribution in [1.29, 1.82) is 0 Å². The molecule has 1 aliphatic heterocycles. The van der Waals surface area contributed by atoms with E-state index in [-0.39, 0.29) is 11.8 Å². The molecule has 1 atom stereocenters. The van der Waals surface area contributed by atoms with Gasteiger partial charge in [0.2, 0.25) is 11.6 Å². The monoisotopic (exact) mass is 282 g/mol. The number of aryl methyl sites for hydroxylation is 1. The van der Waals surface area contributed by atoms with Crippen LogP contribution in [-0.4, -0.2) is 39.6 Å². The van der Waals surface area contributed by atoms with E-state index in [4.69, 9.17) is 4.74 Å². The summed E-state index contributed by atoms with van der Waals surface area (Å²) >= 11 is 0. The third kappa shape index (κ3) is 2.33. The van der Waals surface area contributed by atoms with Gasteiger partial charge in [-0.15, -0.1) is 0 Å². The average Bonchev–Trinajstić information content (AvgIpc) is 2.96. The van der Waals surface area contributed by atoms with Crippen molar-refractivity contribution in [3.05, 3.63) is 15.9 Å². The molecule has 0 amide bonds. The Hall–Kier alpha value is -2.12. The predicted molar refractivity (Wildman–Crippen MR) is 71.6 cm³/mol. The Kier molecular flexibility index (Phi) is 3.91. The normalized spacial score (nSPS) is 18.4. The number of anilines is 1. The molecule has 0 spiro atoms. The van der Waals surface area contributed by atoms with E-state index in [0.717, 1.165) is 6.42 Å². The van der Waals surface area contributed by atoms with Gasteiger partial charge in [0.25, 0.3) is 0 Å². The summed E-state index contributed by atoms with van der Waals surface area (Å²) in [4.78, 5) is 28.3. The number of nitrogens with zero attached hydrogens (tertiary/aromatic N) is 4. The SMILES string of the molecule is CCOC(=O)C1CCCN1c1c([N+](=O)[O-])nc(C)n1C. The summed E-state index contributed by atoms with van der Waals surface area (Å²) in [5.41, 5.74) is 0. The van der Waals surface area contributed by atoms with Gasteiger partial charge in [0.1, 0.15) is 6.04 Å². The molecule has 8 nitrogen and oxygen atoms in total. The van der Waals surface area contributed by atoms with E-state index in [9.17, 15) is 14.9 Å². The molecular weight excluding hydrogens is 264 g/mol. The molecule has 8 heteroatoms. The lowest BCUT2D eigenvalue weighted by atomic mass is 10.2. The van der Waals surface area contributed by atoms with Crippen molar-refractivity contribution in [2.45, 2.75) is 32.7 Å². The fourth-order valence-electron chi connectivity index (χ4n) is 2.53. The van der Waals surface area contributed by atoms with Crippen molar-refractivity contribution >= 4 is 17.6 Å². The first-order valence-electron chi connectivity index (χ1n) is 6.58. The second-order valence-electron chi connectivity index (χ2n) is 4.73. The van der Waals surface area contributed by atoms with Gasteiger partial charge in [0.15, 0.2) is 0 Å². The molecule has 2 rings (SSSR count). The Morgan fingerprint density at radius 1 is 1.60 bits per heavy atom. The van der Waals surface area contributed by atoms with Crippen LogP contribution in [0.2, 0.25) is 0 Å². The van der Waals surface area contributed by atoms with Gasteiger partial charge >= 0.3 is 11.8 Å². The van der Waals surface area contributed by atoms with E-state index in [1.54, 1.807) is 30.4 Å². The summed E-state index contributed by atoms with van der Waals surface area (Å²) in [6.45, 7) is 4.33. The fourth-order valence-corrected chi connectivity index (χ4v) is 2.53. The van der Waals surface area contributed by atoms with Crippen LogP contribution >= 0.6 is 0 Å². The van der Waals surface area contributed by atoms with Crippen LogP contribution in [0.5, 0.6) is 0 Å². The fraction of sp³-hybridized carbons (Fsp3) is 0.667. The van der Waals surface area contributed by atoms with Crippen molar-refractivity contribution < 1.29 is 14.5 Å². The van der Waals surface area contributed by atoms with Crippen LogP contribution in [0.1, 0.15) is 25.6 Å². The maximum absolute atomic E-state index is 12.0. The van der Waals surface area contributed by atoms with Crippen molar-refractivity contribution in [2.75, 3.05) is 18.1 Å². The minimum absolute atomic E-state index is 0.207. The van der Waals surface area contributed by atoms with Crippen LogP contribution in [0, 0.1) is 17.0 Å². The van der Waals surface area contributed by atoms with Crippen LogP contribution in [-0.2, 0) is 16.6 Å². The van der Waals surface area contributed by atoms with Gasteiger partial charge in [-0.1, -0.05) is 0 Å². The van der Waals surface area contributed by atoms with Crippen molar-refractivity contribution in [2.24, 2.45) is 7.05 Å². The van der Waals surface area contributed by atoms with Gasteiger partial charge in [-0.25, -0.2) is 4.79 Å². The second kappa shape index (κ2) is 5.48. The van der Waals surface area contributed by atoms with Crippen molar-refractivity contribution in [3.63, 3.8) is 0 Å². The predicted octanol–water partition coefficient (Wildman–Crippen LogP) is 1.17. The molecule has 0 aliphatic carbocycles. The number of imidazole rings is 1. The molecule has 1 unspecified atom stereocenters. The Labute approximate surface area is 116 Å². The maximum atomic E-state index is 12.0. The second-order valence-corrected chi connectivity index (χ2v) is 4.73. The summed E-state index contributed by atoms with van der Waals surface area (Å²) in [6, 6.07) is -0.469. The lowest BCUT2D eigenvalue weighted by Gasteiger charge is -2.24. The number of nitro groups is 1. The zero-order valence-corrected chi connectivity index (χ0v) is 11.8.